The lowest BCUT2D eigenvalue weighted by Crippen LogP contribution is -1.94. The molecule has 7 heteroatoms. The highest BCUT2D eigenvalue weighted by molar-refractivity contribution is 5.61. The van der Waals surface area contributed by atoms with Gasteiger partial charge in [-0.3, -0.25) is 4.98 Å². The number of aromatic nitrogens is 4. The van der Waals surface area contributed by atoms with Gasteiger partial charge in [0.2, 0.25) is 11.7 Å². The molecule has 0 fully saturated rings. The lowest BCUT2D eigenvalue weighted by molar-refractivity contribution is 0.306. The summed E-state index contributed by atoms with van der Waals surface area (Å²) in [7, 11) is 0. The summed E-state index contributed by atoms with van der Waals surface area (Å²) in [5, 5.41) is 4.09. The second kappa shape index (κ2) is 9.09. The minimum Gasteiger partial charge on any atom is -0.489 e. The van der Waals surface area contributed by atoms with Crippen molar-refractivity contribution in [2.24, 2.45) is 0 Å². The van der Waals surface area contributed by atoms with Gasteiger partial charge >= 0.3 is 0 Å². The van der Waals surface area contributed by atoms with Gasteiger partial charge in [0.05, 0.1) is 6.20 Å². The predicted molar refractivity (Wildman–Crippen MR) is 118 cm³/mol. The normalized spacial score (nSPS) is 10.6. The molecule has 0 amide bonds. The summed E-state index contributed by atoms with van der Waals surface area (Å²) in [5.41, 5.74) is 2.75. The Morgan fingerprint density at radius 3 is 2.25 bits per heavy atom. The molecule has 0 aliphatic heterocycles. The molecule has 2 aromatic heterocycles. The number of benzene rings is 3. The van der Waals surface area contributed by atoms with Gasteiger partial charge in [-0.15, -0.1) is 0 Å². The van der Waals surface area contributed by atoms with Gasteiger partial charge in [0.1, 0.15) is 18.1 Å². The van der Waals surface area contributed by atoms with Crippen LogP contribution in [-0.2, 0) is 6.61 Å². The third kappa shape index (κ3) is 4.62. The summed E-state index contributed by atoms with van der Waals surface area (Å²) in [4.78, 5) is 12.6. The van der Waals surface area contributed by atoms with Crippen LogP contribution in [0.1, 0.15) is 5.56 Å². The van der Waals surface area contributed by atoms with Gasteiger partial charge in [-0.05, 0) is 54.1 Å². The van der Waals surface area contributed by atoms with Crippen LogP contribution in [0.25, 0.3) is 22.8 Å². The Morgan fingerprint density at radius 2 is 1.50 bits per heavy atom. The topological polar surface area (TPSA) is 83.2 Å². The van der Waals surface area contributed by atoms with E-state index < -0.39 is 0 Å². The molecule has 0 spiro atoms. The Morgan fingerprint density at radius 1 is 0.750 bits per heavy atom. The number of hydrogen-bond donors (Lipinski definition) is 0. The molecule has 0 aliphatic carbocycles. The van der Waals surface area contributed by atoms with E-state index in [1.807, 2.05) is 78.9 Å². The fraction of sp³-hybridized carbons (Fsp3) is 0.0400. The Balaban J connectivity index is 1.24. The maximum absolute atomic E-state index is 5.82. The number of rotatable bonds is 7. The number of ether oxygens (including phenoxy) is 2. The smallest absolute Gasteiger partial charge is 0.258 e. The summed E-state index contributed by atoms with van der Waals surface area (Å²) in [6.45, 7) is 0.515. The van der Waals surface area contributed by atoms with Gasteiger partial charge < -0.3 is 14.0 Å². The molecular formula is C25H18N4O3. The highest BCUT2D eigenvalue weighted by atomic mass is 16.5. The maximum atomic E-state index is 5.82. The van der Waals surface area contributed by atoms with Gasteiger partial charge in [-0.25, -0.2) is 4.98 Å². The molecule has 156 valence electrons. The van der Waals surface area contributed by atoms with E-state index in [0.717, 1.165) is 22.4 Å². The lowest BCUT2D eigenvalue weighted by Gasteiger charge is -2.06. The molecule has 32 heavy (non-hydrogen) atoms. The van der Waals surface area contributed by atoms with Crippen molar-refractivity contribution in [3.05, 3.63) is 103 Å². The van der Waals surface area contributed by atoms with Crippen molar-refractivity contribution in [3.63, 3.8) is 0 Å². The van der Waals surface area contributed by atoms with Crippen LogP contribution < -0.4 is 9.47 Å². The first-order valence-corrected chi connectivity index (χ1v) is 9.99. The standard InChI is InChI=1S/C25H18N4O3/c1-2-4-18(5-3-1)17-30-21-10-8-20(9-11-21)25-28-24(29-32-25)19-6-12-22(13-7-19)31-23-16-26-14-15-27-23/h1-16H,17H2. The predicted octanol–water partition coefficient (Wildman–Crippen LogP) is 5.56. The van der Waals surface area contributed by atoms with Crippen LogP contribution in [0.3, 0.4) is 0 Å². The van der Waals surface area contributed by atoms with Crippen molar-refractivity contribution >= 4 is 0 Å². The second-order valence-corrected chi connectivity index (χ2v) is 6.89. The Hall–Kier alpha value is -4.52. The molecule has 2 heterocycles. The molecule has 0 aliphatic rings. The van der Waals surface area contributed by atoms with Crippen LogP contribution in [0.4, 0.5) is 0 Å². The fourth-order valence-corrected chi connectivity index (χ4v) is 3.02. The number of hydrogen-bond acceptors (Lipinski definition) is 7. The van der Waals surface area contributed by atoms with E-state index in [1.54, 1.807) is 18.6 Å². The quantitative estimate of drug-likeness (QED) is 0.339. The summed E-state index contributed by atoms with van der Waals surface area (Å²) >= 11 is 0. The molecule has 5 aromatic rings. The minimum absolute atomic E-state index is 0.429. The largest absolute Gasteiger partial charge is 0.489 e. The van der Waals surface area contributed by atoms with Crippen LogP contribution in [0.2, 0.25) is 0 Å². The molecule has 0 bridgehead atoms. The highest BCUT2D eigenvalue weighted by Crippen LogP contribution is 2.26. The first kappa shape index (κ1) is 19.4. The third-order valence-electron chi connectivity index (χ3n) is 4.65. The molecule has 0 saturated carbocycles. The molecule has 0 saturated heterocycles. The lowest BCUT2D eigenvalue weighted by atomic mass is 10.2. The van der Waals surface area contributed by atoms with Crippen LogP contribution in [0, 0.1) is 0 Å². The summed E-state index contributed by atoms with van der Waals surface area (Å²) in [6.07, 6.45) is 4.72. The van der Waals surface area contributed by atoms with Crippen molar-refractivity contribution < 1.29 is 14.0 Å². The molecule has 3 aromatic carbocycles. The zero-order valence-corrected chi connectivity index (χ0v) is 17.0. The van der Waals surface area contributed by atoms with Crippen molar-refractivity contribution in [1.82, 2.24) is 20.1 Å². The molecule has 7 nitrogen and oxygen atoms in total. The molecule has 5 rings (SSSR count). The van der Waals surface area contributed by atoms with Gasteiger partial charge in [0.25, 0.3) is 5.89 Å². The summed E-state index contributed by atoms with van der Waals surface area (Å²) in [6, 6.07) is 25.0. The van der Waals surface area contributed by atoms with E-state index in [9.17, 15) is 0 Å². The molecule has 0 unspecified atom stereocenters. The zero-order chi connectivity index (χ0) is 21.6. The fourth-order valence-electron chi connectivity index (χ4n) is 3.02. The number of nitrogens with zero attached hydrogens (tertiary/aromatic N) is 4. The maximum Gasteiger partial charge on any atom is 0.258 e. The van der Waals surface area contributed by atoms with E-state index >= 15 is 0 Å². The van der Waals surface area contributed by atoms with E-state index in [2.05, 4.69) is 20.1 Å². The van der Waals surface area contributed by atoms with Gasteiger partial charge in [-0.1, -0.05) is 35.5 Å². The first-order chi connectivity index (χ1) is 15.8. The van der Waals surface area contributed by atoms with Crippen molar-refractivity contribution in [3.8, 4) is 40.2 Å². The van der Waals surface area contributed by atoms with Gasteiger partial charge in [0.15, 0.2) is 0 Å². The summed E-state index contributed by atoms with van der Waals surface area (Å²) < 4.78 is 16.9. The molecule has 0 atom stereocenters. The van der Waals surface area contributed by atoms with E-state index in [4.69, 9.17) is 14.0 Å². The Bertz CT molecular complexity index is 1270. The van der Waals surface area contributed by atoms with Crippen LogP contribution in [0.5, 0.6) is 17.4 Å². The molecule has 0 N–H and O–H groups in total. The molecular weight excluding hydrogens is 404 g/mol. The zero-order valence-electron chi connectivity index (χ0n) is 17.0. The average Bonchev–Trinajstić information content (AvgIpc) is 3.35. The third-order valence-corrected chi connectivity index (χ3v) is 4.65. The van der Waals surface area contributed by atoms with Crippen molar-refractivity contribution in [2.75, 3.05) is 0 Å². The SMILES string of the molecule is c1ccc(COc2ccc(-c3nc(-c4ccc(Oc5cnccn5)cc4)no3)cc2)cc1. The average molecular weight is 422 g/mol. The first-order valence-electron chi connectivity index (χ1n) is 9.99. The Labute approximate surface area is 184 Å². The van der Waals surface area contributed by atoms with Gasteiger partial charge in [-0.2, -0.15) is 4.98 Å². The van der Waals surface area contributed by atoms with Crippen LogP contribution in [-0.4, -0.2) is 20.1 Å². The summed E-state index contributed by atoms with van der Waals surface area (Å²) in [5.74, 6) is 2.78. The monoisotopic (exact) mass is 422 g/mol. The molecule has 0 radical (unpaired) electrons. The highest BCUT2D eigenvalue weighted by Gasteiger charge is 2.11. The van der Waals surface area contributed by atoms with E-state index in [1.165, 1.54) is 0 Å². The van der Waals surface area contributed by atoms with Crippen molar-refractivity contribution in [1.29, 1.82) is 0 Å². The van der Waals surface area contributed by atoms with Crippen molar-refractivity contribution in [2.45, 2.75) is 6.61 Å². The van der Waals surface area contributed by atoms with Crippen LogP contribution in [0.15, 0.2) is 102 Å². The second-order valence-electron chi connectivity index (χ2n) is 6.89. The minimum atomic E-state index is 0.429. The van der Waals surface area contributed by atoms with Crippen LogP contribution >= 0.6 is 0 Å². The Kier molecular flexibility index (Phi) is 5.53. The van der Waals surface area contributed by atoms with E-state index in [-0.39, 0.29) is 0 Å². The van der Waals surface area contributed by atoms with E-state index in [0.29, 0.717) is 30.0 Å². The van der Waals surface area contributed by atoms with Gasteiger partial charge in [0, 0.05) is 23.5 Å².